The molecule has 0 saturated carbocycles. The molecule has 0 rings (SSSR count). The maximum absolute atomic E-state index is 12.9. The van der Waals surface area contributed by atoms with Crippen LogP contribution in [0.1, 0.15) is 380 Å². The largest absolute Gasteiger partial charge is 0.462 e. The highest BCUT2D eigenvalue weighted by Crippen LogP contribution is 2.18. The van der Waals surface area contributed by atoms with Gasteiger partial charge in [0.25, 0.3) is 0 Å². The fourth-order valence-corrected chi connectivity index (χ4v) is 10.5. The maximum atomic E-state index is 12.9. The highest BCUT2D eigenvalue weighted by molar-refractivity contribution is 5.71. The lowest BCUT2D eigenvalue weighted by Crippen LogP contribution is -2.30. The van der Waals surface area contributed by atoms with Gasteiger partial charge in [0, 0.05) is 19.3 Å². The summed E-state index contributed by atoms with van der Waals surface area (Å²) < 4.78 is 17.0. The Morgan fingerprint density at radius 2 is 0.456 bits per heavy atom. The van der Waals surface area contributed by atoms with Gasteiger partial charge in [-0.3, -0.25) is 14.4 Å². The van der Waals surface area contributed by atoms with Crippen LogP contribution in [0.15, 0.2) is 48.6 Å². The number of hydrogen-bond acceptors (Lipinski definition) is 6. The molecule has 0 aliphatic heterocycles. The number of carbonyl (C=O) groups excluding carboxylic acids is 3. The van der Waals surface area contributed by atoms with Crippen LogP contribution in [0.5, 0.6) is 0 Å². The molecule has 0 amide bonds. The van der Waals surface area contributed by atoms with Crippen molar-refractivity contribution in [1.82, 2.24) is 0 Å². The first-order valence-electron chi connectivity index (χ1n) is 35.1. The monoisotopic (exact) mass is 1110 g/mol. The van der Waals surface area contributed by atoms with E-state index in [0.29, 0.717) is 19.3 Å². The molecule has 0 heterocycles. The lowest BCUT2D eigenvalue weighted by Gasteiger charge is -2.18. The fourth-order valence-electron chi connectivity index (χ4n) is 10.5. The quantitative estimate of drug-likeness (QED) is 0.0261. The molecule has 0 aliphatic carbocycles. The summed E-state index contributed by atoms with van der Waals surface area (Å²) in [6, 6.07) is 0. The van der Waals surface area contributed by atoms with Crippen LogP contribution >= 0.6 is 0 Å². The van der Waals surface area contributed by atoms with Gasteiger partial charge in [0.15, 0.2) is 6.10 Å². The summed E-state index contributed by atoms with van der Waals surface area (Å²) in [6.07, 6.45) is 85.6. The van der Waals surface area contributed by atoms with E-state index in [2.05, 4.69) is 69.4 Å². The molecule has 6 nitrogen and oxygen atoms in total. The third kappa shape index (κ3) is 66.1. The van der Waals surface area contributed by atoms with Crippen molar-refractivity contribution in [2.45, 2.75) is 386 Å². The molecule has 0 fully saturated rings. The lowest BCUT2D eigenvalue weighted by molar-refractivity contribution is -0.167. The van der Waals surface area contributed by atoms with Crippen LogP contribution in [-0.2, 0) is 28.6 Å². The predicted molar refractivity (Wildman–Crippen MR) is 344 cm³/mol. The zero-order chi connectivity index (χ0) is 57.1. The van der Waals surface area contributed by atoms with Gasteiger partial charge in [-0.2, -0.15) is 0 Å². The first-order chi connectivity index (χ1) is 39.0. The van der Waals surface area contributed by atoms with Gasteiger partial charge >= 0.3 is 17.9 Å². The Morgan fingerprint density at radius 1 is 0.253 bits per heavy atom. The summed E-state index contributed by atoms with van der Waals surface area (Å²) >= 11 is 0. The Bertz CT molecular complexity index is 1360. The summed E-state index contributed by atoms with van der Waals surface area (Å²) in [5.41, 5.74) is 0. The van der Waals surface area contributed by atoms with Crippen LogP contribution in [-0.4, -0.2) is 37.2 Å². The van der Waals surface area contributed by atoms with Gasteiger partial charge in [-0.25, -0.2) is 0 Å². The van der Waals surface area contributed by atoms with E-state index in [1.807, 2.05) is 0 Å². The number of carbonyl (C=O) groups is 3. The van der Waals surface area contributed by atoms with Crippen molar-refractivity contribution in [2.24, 2.45) is 0 Å². The predicted octanol–water partition coefficient (Wildman–Crippen LogP) is 24.1. The van der Waals surface area contributed by atoms with E-state index in [4.69, 9.17) is 14.2 Å². The molecule has 0 saturated heterocycles. The van der Waals surface area contributed by atoms with Crippen molar-refractivity contribution in [1.29, 1.82) is 0 Å². The van der Waals surface area contributed by atoms with Gasteiger partial charge in [0.1, 0.15) is 13.2 Å². The maximum Gasteiger partial charge on any atom is 0.306 e. The van der Waals surface area contributed by atoms with E-state index < -0.39 is 6.10 Å². The van der Waals surface area contributed by atoms with E-state index >= 15 is 0 Å². The first-order valence-corrected chi connectivity index (χ1v) is 35.1. The van der Waals surface area contributed by atoms with Gasteiger partial charge in [-0.15, -0.1) is 0 Å². The van der Waals surface area contributed by atoms with Crippen molar-refractivity contribution >= 4 is 17.9 Å². The van der Waals surface area contributed by atoms with E-state index in [1.54, 1.807) is 0 Å². The fraction of sp³-hybridized carbons (Fsp3) is 0.849. The minimum absolute atomic E-state index is 0.0695. The molecule has 1 atom stereocenters. The Hall–Kier alpha value is -2.63. The Kier molecular flexibility index (Phi) is 65.6. The Balaban J connectivity index is 4.27. The summed E-state index contributed by atoms with van der Waals surface area (Å²) in [6.45, 7) is 6.69. The molecule has 0 bridgehead atoms. The van der Waals surface area contributed by atoms with E-state index in [-0.39, 0.29) is 31.1 Å². The molecule has 6 heteroatoms. The molecular weight excluding hydrogens is 973 g/mol. The van der Waals surface area contributed by atoms with Gasteiger partial charge in [-0.05, 0) is 83.5 Å². The van der Waals surface area contributed by atoms with Crippen molar-refractivity contribution in [3.63, 3.8) is 0 Å². The number of allylic oxidation sites excluding steroid dienone is 8. The van der Waals surface area contributed by atoms with Crippen molar-refractivity contribution in [3.05, 3.63) is 48.6 Å². The molecule has 0 N–H and O–H groups in total. The first kappa shape index (κ1) is 76.4. The minimum Gasteiger partial charge on any atom is -0.462 e. The van der Waals surface area contributed by atoms with Crippen LogP contribution < -0.4 is 0 Å². The topological polar surface area (TPSA) is 78.9 Å². The second kappa shape index (κ2) is 67.9. The third-order valence-corrected chi connectivity index (χ3v) is 15.8. The molecular formula is C73H134O6. The highest BCUT2D eigenvalue weighted by Gasteiger charge is 2.19. The summed E-state index contributed by atoms with van der Waals surface area (Å²) in [5.74, 6) is -0.847. The molecule has 0 aromatic carbocycles. The third-order valence-electron chi connectivity index (χ3n) is 15.8. The van der Waals surface area contributed by atoms with Crippen LogP contribution in [0, 0.1) is 0 Å². The number of esters is 3. The van der Waals surface area contributed by atoms with Crippen molar-refractivity contribution < 1.29 is 28.6 Å². The second-order valence-electron chi connectivity index (χ2n) is 23.8. The average Bonchev–Trinajstić information content (AvgIpc) is 3.45. The summed E-state index contributed by atoms with van der Waals surface area (Å²) in [7, 11) is 0. The van der Waals surface area contributed by atoms with Crippen molar-refractivity contribution in [2.75, 3.05) is 13.2 Å². The number of ether oxygens (including phenoxy) is 3. The molecule has 79 heavy (non-hydrogen) atoms. The van der Waals surface area contributed by atoms with Gasteiger partial charge in [0.2, 0.25) is 0 Å². The molecule has 0 spiro atoms. The Morgan fingerprint density at radius 3 is 0.722 bits per heavy atom. The molecule has 0 aliphatic rings. The van der Waals surface area contributed by atoms with E-state index in [1.165, 1.54) is 270 Å². The number of hydrogen-bond donors (Lipinski definition) is 0. The van der Waals surface area contributed by atoms with Gasteiger partial charge in [-0.1, -0.05) is 326 Å². The average molecular weight is 1110 g/mol. The lowest BCUT2D eigenvalue weighted by atomic mass is 10.0. The van der Waals surface area contributed by atoms with Crippen LogP contribution in [0.25, 0.3) is 0 Å². The van der Waals surface area contributed by atoms with E-state index in [9.17, 15) is 14.4 Å². The number of unbranched alkanes of at least 4 members (excludes halogenated alkanes) is 46. The van der Waals surface area contributed by atoms with Crippen LogP contribution in [0.4, 0.5) is 0 Å². The SMILES string of the molecule is CCCCCCC/C=C\C/C=C\C/C=C\CCCCCCCCCCCCCCC(=O)OCC(COC(=O)CCCCCCCCCCCCCCCCC)OC(=O)CCCCCCCCCCC/C=C\CCCCCCCC. The zero-order valence-electron chi connectivity index (χ0n) is 53.2. The van der Waals surface area contributed by atoms with E-state index in [0.717, 1.165) is 70.6 Å². The minimum atomic E-state index is -0.774. The summed E-state index contributed by atoms with van der Waals surface area (Å²) in [4.78, 5) is 38.4. The molecule has 0 radical (unpaired) electrons. The molecule has 1 unspecified atom stereocenters. The van der Waals surface area contributed by atoms with Crippen LogP contribution in [0.3, 0.4) is 0 Å². The molecule has 462 valence electrons. The van der Waals surface area contributed by atoms with Gasteiger partial charge in [0.05, 0.1) is 0 Å². The highest BCUT2D eigenvalue weighted by atomic mass is 16.6. The standard InChI is InChI=1S/C73H134O6/c1-4-7-10-13-16-19-22-25-28-30-32-33-34-35-36-37-38-39-41-42-45-48-51-54-57-60-63-66-72(75)78-69-70(68-77-71(74)65-62-59-56-53-50-47-44-27-24-21-18-15-12-9-6-3)79-73(76)67-64-61-58-55-52-49-46-43-40-31-29-26-23-20-17-14-11-8-5-2/h22,25-26,29-30,32,34-35,70H,4-21,23-24,27-28,31,33,36-69H2,1-3H3/b25-22-,29-26-,32-30-,35-34-. The number of rotatable bonds is 65. The zero-order valence-corrected chi connectivity index (χ0v) is 53.2. The summed E-state index contributed by atoms with van der Waals surface area (Å²) in [5, 5.41) is 0. The normalized spacial score (nSPS) is 12.3. The molecule has 0 aromatic heterocycles. The smallest absolute Gasteiger partial charge is 0.306 e. The van der Waals surface area contributed by atoms with Crippen molar-refractivity contribution in [3.8, 4) is 0 Å². The molecule has 0 aromatic rings. The second-order valence-corrected chi connectivity index (χ2v) is 23.8. The van der Waals surface area contributed by atoms with Crippen LogP contribution in [0.2, 0.25) is 0 Å². The Labute approximate surface area is 492 Å². The van der Waals surface area contributed by atoms with Gasteiger partial charge < -0.3 is 14.2 Å².